The van der Waals surface area contributed by atoms with Crippen LogP contribution in [0.4, 0.5) is 11.4 Å². The molecule has 2 heterocycles. The van der Waals surface area contributed by atoms with E-state index in [0.29, 0.717) is 12.4 Å². The minimum atomic E-state index is 0. The molecule has 0 atom stereocenters. The maximum atomic E-state index is 8.80. The van der Waals surface area contributed by atoms with Crippen molar-refractivity contribution in [3.05, 3.63) is 46.2 Å². The Hall–Kier alpha value is -1.31. The summed E-state index contributed by atoms with van der Waals surface area (Å²) in [5.74, 6) is 0.581. The highest BCUT2D eigenvalue weighted by atomic mass is 35.5. The second kappa shape index (κ2) is 12.2. The number of fused-ring (bicyclic) bond motifs is 1. The first-order valence-corrected chi connectivity index (χ1v) is 9.73. The number of aryl methyl sites for hydroxylation is 1. The van der Waals surface area contributed by atoms with E-state index in [0.717, 1.165) is 43.0 Å². The third-order valence-corrected chi connectivity index (χ3v) is 5.26. The highest BCUT2D eigenvalue weighted by molar-refractivity contribution is 7.12. The van der Waals surface area contributed by atoms with Crippen molar-refractivity contribution < 1.29 is 5.11 Å². The number of nitrogens with two attached hydrogens (primary N) is 1. The van der Waals surface area contributed by atoms with Crippen LogP contribution < -0.4 is 16.0 Å². The van der Waals surface area contributed by atoms with Gasteiger partial charge in [0, 0.05) is 25.3 Å². The van der Waals surface area contributed by atoms with Gasteiger partial charge in [0.25, 0.3) is 0 Å². The van der Waals surface area contributed by atoms with Crippen LogP contribution in [0.3, 0.4) is 0 Å². The summed E-state index contributed by atoms with van der Waals surface area (Å²) in [6.45, 7) is 3.94. The molecule has 1 aromatic carbocycles. The molecule has 3 rings (SSSR count). The molecular formula is C19H28Cl2N4OS. The van der Waals surface area contributed by atoms with Crippen molar-refractivity contribution in [2.45, 2.75) is 19.3 Å². The summed E-state index contributed by atoms with van der Waals surface area (Å²) in [5.41, 5.74) is 9.71. The average molecular weight is 431 g/mol. The molecule has 8 heteroatoms. The zero-order chi connectivity index (χ0) is 17.5. The summed E-state index contributed by atoms with van der Waals surface area (Å²) in [4.78, 5) is 8.05. The van der Waals surface area contributed by atoms with Crippen molar-refractivity contribution in [2.24, 2.45) is 10.7 Å². The number of rotatable bonds is 8. The van der Waals surface area contributed by atoms with Gasteiger partial charge < -0.3 is 21.1 Å². The molecule has 0 aliphatic carbocycles. The van der Waals surface area contributed by atoms with Crippen LogP contribution in [-0.2, 0) is 6.42 Å². The summed E-state index contributed by atoms with van der Waals surface area (Å²) >= 11 is 1.61. The smallest absolute Gasteiger partial charge is 0.141 e. The van der Waals surface area contributed by atoms with Crippen LogP contribution in [0.1, 0.15) is 23.3 Å². The Morgan fingerprint density at radius 3 is 2.85 bits per heavy atom. The zero-order valence-corrected chi connectivity index (χ0v) is 17.7. The molecule has 5 nitrogen and oxygen atoms in total. The number of aliphatic imine (C=N–C) groups is 1. The molecule has 0 unspecified atom stereocenters. The van der Waals surface area contributed by atoms with E-state index in [2.05, 4.69) is 33.4 Å². The lowest BCUT2D eigenvalue weighted by Gasteiger charge is -2.31. The zero-order valence-electron chi connectivity index (χ0n) is 15.3. The van der Waals surface area contributed by atoms with Crippen LogP contribution in [0.2, 0.25) is 0 Å². The van der Waals surface area contributed by atoms with Crippen LogP contribution in [0.25, 0.3) is 0 Å². The molecular weight excluding hydrogens is 403 g/mol. The van der Waals surface area contributed by atoms with E-state index >= 15 is 0 Å². The van der Waals surface area contributed by atoms with Gasteiger partial charge in [-0.05, 0) is 61.0 Å². The van der Waals surface area contributed by atoms with Crippen molar-refractivity contribution >= 4 is 53.4 Å². The van der Waals surface area contributed by atoms with Gasteiger partial charge in [-0.1, -0.05) is 6.07 Å². The van der Waals surface area contributed by atoms with Gasteiger partial charge in [0.1, 0.15) is 5.84 Å². The first-order valence-electron chi connectivity index (χ1n) is 8.85. The normalized spacial score (nSPS) is 13.5. The van der Waals surface area contributed by atoms with Crippen LogP contribution in [0.15, 0.2) is 40.7 Å². The van der Waals surface area contributed by atoms with Crippen LogP contribution >= 0.6 is 36.2 Å². The van der Waals surface area contributed by atoms with E-state index in [9.17, 15) is 0 Å². The van der Waals surface area contributed by atoms with Crippen molar-refractivity contribution in [1.82, 2.24) is 5.32 Å². The van der Waals surface area contributed by atoms with Crippen molar-refractivity contribution in [2.75, 3.05) is 37.7 Å². The summed E-state index contributed by atoms with van der Waals surface area (Å²) in [6.07, 6.45) is 3.34. The highest BCUT2D eigenvalue weighted by Crippen LogP contribution is 2.31. The Morgan fingerprint density at radius 2 is 2.11 bits per heavy atom. The fourth-order valence-electron chi connectivity index (χ4n) is 3.18. The fraction of sp³-hybridized carbons (Fsp3) is 0.421. The average Bonchev–Trinajstić information content (AvgIpc) is 3.16. The predicted molar refractivity (Wildman–Crippen MR) is 121 cm³/mol. The molecule has 0 amide bonds. The molecule has 1 aliphatic heterocycles. The van der Waals surface area contributed by atoms with Gasteiger partial charge in [0.15, 0.2) is 0 Å². The Bertz CT molecular complexity index is 710. The minimum absolute atomic E-state index is 0. The van der Waals surface area contributed by atoms with Crippen LogP contribution in [0.5, 0.6) is 0 Å². The molecule has 4 N–H and O–H groups in total. The number of nitrogens with one attached hydrogen (secondary N) is 1. The molecule has 0 fully saturated rings. The van der Waals surface area contributed by atoms with Gasteiger partial charge in [-0.2, -0.15) is 0 Å². The molecule has 0 saturated heterocycles. The van der Waals surface area contributed by atoms with Gasteiger partial charge in [-0.3, -0.25) is 0 Å². The van der Waals surface area contributed by atoms with E-state index in [4.69, 9.17) is 10.8 Å². The quantitative estimate of drug-likeness (QED) is 0.341. The van der Waals surface area contributed by atoms with Gasteiger partial charge in [0.2, 0.25) is 0 Å². The molecule has 0 bridgehead atoms. The Balaban J connectivity index is 0.00000182. The predicted octanol–water partition coefficient (Wildman–Crippen LogP) is 3.35. The number of halogens is 2. The van der Waals surface area contributed by atoms with Crippen LogP contribution in [-0.4, -0.2) is 43.7 Å². The third kappa shape index (κ3) is 6.66. The standard InChI is InChI=1S/C19H26N4OS.2ClH/c20-19(18-5-2-13-25-18)22-16-6-7-17-15(14-16)4-1-10-23(17)11-3-8-21-9-12-24;;/h2,5-7,13-14,21,24H,1,3-4,8-12H2,(H2,20,22);2*1H. The van der Waals surface area contributed by atoms with Crippen molar-refractivity contribution in [3.63, 3.8) is 0 Å². The number of hydrogen-bond acceptors (Lipinski definition) is 5. The second-order valence-corrected chi connectivity index (χ2v) is 7.15. The summed E-state index contributed by atoms with van der Waals surface area (Å²) in [6, 6.07) is 10.4. The number of hydrogen-bond donors (Lipinski definition) is 3. The van der Waals surface area contributed by atoms with Crippen molar-refractivity contribution in [1.29, 1.82) is 0 Å². The second-order valence-electron chi connectivity index (χ2n) is 6.21. The highest BCUT2D eigenvalue weighted by Gasteiger charge is 2.16. The number of anilines is 1. The van der Waals surface area contributed by atoms with Gasteiger partial charge in [0.05, 0.1) is 17.2 Å². The molecule has 27 heavy (non-hydrogen) atoms. The number of aliphatic hydroxyl groups is 1. The molecule has 1 aliphatic rings. The Morgan fingerprint density at radius 1 is 1.26 bits per heavy atom. The summed E-state index contributed by atoms with van der Waals surface area (Å²) in [5, 5.41) is 14.0. The third-order valence-electron chi connectivity index (χ3n) is 4.37. The summed E-state index contributed by atoms with van der Waals surface area (Å²) < 4.78 is 0. The maximum Gasteiger partial charge on any atom is 0.141 e. The van der Waals surface area contributed by atoms with Gasteiger partial charge >= 0.3 is 0 Å². The molecule has 2 aromatic rings. The van der Waals surface area contributed by atoms with Crippen LogP contribution in [0, 0.1) is 0 Å². The number of aliphatic hydroxyl groups excluding tert-OH is 1. The number of amidine groups is 1. The molecule has 0 spiro atoms. The van der Waals surface area contributed by atoms with Crippen molar-refractivity contribution in [3.8, 4) is 0 Å². The minimum Gasteiger partial charge on any atom is -0.395 e. The molecule has 0 saturated carbocycles. The number of thiophene rings is 1. The maximum absolute atomic E-state index is 8.80. The van der Waals surface area contributed by atoms with E-state index in [1.165, 1.54) is 17.7 Å². The molecule has 1 aromatic heterocycles. The van der Waals surface area contributed by atoms with Gasteiger partial charge in [-0.25, -0.2) is 4.99 Å². The lowest BCUT2D eigenvalue weighted by atomic mass is 10.0. The first kappa shape index (κ1) is 23.7. The lowest BCUT2D eigenvalue weighted by molar-refractivity contribution is 0.292. The number of benzene rings is 1. The Labute approximate surface area is 177 Å². The SMILES string of the molecule is Cl.Cl.NC(=Nc1ccc2c(c1)CCCN2CCCNCCO)c1cccs1. The topological polar surface area (TPSA) is 73.9 Å². The first-order chi connectivity index (χ1) is 12.3. The largest absolute Gasteiger partial charge is 0.395 e. The van der Waals surface area contributed by atoms with E-state index in [1.807, 2.05) is 17.5 Å². The molecule has 150 valence electrons. The van der Waals surface area contributed by atoms with E-state index < -0.39 is 0 Å². The monoisotopic (exact) mass is 430 g/mol. The Kier molecular flexibility index (Phi) is 10.7. The molecule has 0 radical (unpaired) electrons. The van der Waals surface area contributed by atoms with E-state index in [1.54, 1.807) is 11.3 Å². The van der Waals surface area contributed by atoms with Gasteiger partial charge in [-0.15, -0.1) is 36.2 Å². The van der Waals surface area contributed by atoms with E-state index in [-0.39, 0.29) is 31.4 Å². The summed E-state index contributed by atoms with van der Waals surface area (Å²) in [7, 11) is 0. The lowest BCUT2D eigenvalue weighted by Crippen LogP contribution is -2.32. The fourth-order valence-corrected chi connectivity index (χ4v) is 3.81. The number of nitrogens with zero attached hydrogens (tertiary/aromatic N) is 2.